The van der Waals surface area contributed by atoms with Gasteiger partial charge in [0.25, 0.3) is 5.91 Å². The van der Waals surface area contributed by atoms with Gasteiger partial charge >= 0.3 is 0 Å². The maximum Gasteiger partial charge on any atom is 0.257 e. The number of hydrogen-bond acceptors (Lipinski definition) is 3. The Morgan fingerprint density at radius 1 is 1.69 bits per heavy atom. The second kappa shape index (κ2) is 4.80. The number of carbonyl (C=O) groups excluding carboxylic acids is 1. The highest BCUT2D eigenvalue weighted by Gasteiger charge is 2.29. The van der Waals surface area contributed by atoms with Crippen LogP contribution in [-0.2, 0) is 0 Å². The number of aromatic nitrogens is 1. The van der Waals surface area contributed by atoms with Crippen LogP contribution in [0.15, 0.2) is 18.3 Å². The van der Waals surface area contributed by atoms with E-state index in [1.54, 1.807) is 23.2 Å². The first-order chi connectivity index (χ1) is 7.74. The summed E-state index contributed by atoms with van der Waals surface area (Å²) in [5.74, 6) is -0.144. The molecule has 0 saturated carbocycles. The second-order valence-corrected chi connectivity index (χ2v) is 4.18. The van der Waals surface area contributed by atoms with Crippen LogP contribution in [0.4, 0.5) is 0 Å². The van der Waals surface area contributed by atoms with E-state index in [0.717, 1.165) is 12.8 Å². The molecule has 0 unspecified atom stereocenters. The van der Waals surface area contributed by atoms with Crippen LogP contribution in [0.3, 0.4) is 0 Å². The van der Waals surface area contributed by atoms with Gasteiger partial charge < -0.3 is 10.0 Å². The van der Waals surface area contributed by atoms with Crippen LogP contribution in [0, 0.1) is 0 Å². The van der Waals surface area contributed by atoms with Crippen LogP contribution in [0.5, 0.6) is 0 Å². The van der Waals surface area contributed by atoms with Gasteiger partial charge in [-0.3, -0.25) is 4.79 Å². The number of amides is 1. The molecule has 1 aromatic rings. The van der Waals surface area contributed by atoms with Gasteiger partial charge in [0, 0.05) is 12.7 Å². The van der Waals surface area contributed by atoms with E-state index in [-0.39, 0.29) is 23.7 Å². The summed E-state index contributed by atoms with van der Waals surface area (Å²) < 4.78 is 0. The zero-order chi connectivity index (χ0) is 11.5. The van der Waals surface area contributed by atoms with E-state index in [0.29, 0.717) is 12.1 Å². The summed E-state index contributed by atoms with van der Waals surface area (Å²) in [6.45, 7) is 0.679. The lowest BCUT2D eigenvalue weighted by Crippen LogP contribution is -2.37. The molecule has 2 heterocycles. The molecule has 1 amide bonds. The third kappa shape index (κ3) is 2.03. The number of pyridine rings is 1. The van der Waals surface area contributed by atoms with Crippen molar-refractivity contribution in [3.05, 3.63) is 29.0 Å². The van der Waals surface area contributed by atoms with Crippen molar-refractivity contribution >= 4 is 17.5 Å². The molecule has 16 heavy (non-hydrogen) atoms. The van der Waals surface area contributed by atoms with Gasteiger partial charge in [-0.05, 0) is 25.0 Å². The zero-order valence-corrected chi connectivity index (χ0v) is 9.52. The average molecular weight is 241 g/mol. The molecule has 1 atom stereocenters. The largest absolute Gasteiger partial charge is 0.394 e. The van der Waals surface area contributed by atoms with Crippen molar-refractivity contribution in [1.82, 2.24) is 9.88 Å². The lowest BCUT2D eigenvalue weighted by atomic mass is 10.2. The number of halogens is 1. The monoisotopic (exact) mass is 240 g/mol. The number of aliphatic hydroxyl groups excluding tert-OH is 1. The molecule has 86 valence electrons. The van der Waals surface area contributed by atoms with E-state index >= 15 is 0 Å². The Bertz CT molecular complexity index is 397. The SMILES string of the molecule is O=C(c1cccnc1Cl)N1CCC[C@@H]1CO. The molecule has 5 heteroatoms. The minimum atomic E-state index is -0.144. The fraction of sp³-hybridized carbons (Fsp3) is 0.455. The molecule has 1 fully saturated rings. The van der Waals surface area contributed by atoms with Crippen molar-refractivity contribution in [1.29, 1.82) is 0 Å². The fourth-order valence-corrected chi connectivity index (χ4v) is 2.19. The highest BCUT2D eigenvalue weighted by Crippen LogP contribution is 2.22. The molecule has 1 aromatic heterocycles. The maximum atomic E-state index is 12.1. The molecule has 0 bridgehead atoms. The summed E-state index contributed by atoms with van der Waals surface area (Å²) in [5.41, 5.74) is 0.407. The van der Waals surface area contributed by atoms with Gasteiger partial charge in [-0.2, -0.15) is 0 Å². The van der Waals surface area contributed by atoms with Crippen molar-refractivity contribution in [3.63, 3.8) is 0 Å². The van der Waals surface area contributed by atoms with Gasteiger partial charge in [-0.25, -0.2) is 4.98 Å². The van der Waals surface area contributed by atoms with Crippen LogP contribution in [0.25, 0.3) is 0 Å². The number of carbonyl (C=O) groups is 1. The smallest absolute Gasteiger partial charge is 0.257 e. The standard InChI is InChI=1S/C11H13ClN2O2/c12-10-9(4-1-5-13-10)11(16)14-6-2-3-8(14)7-15/h1,4-5,8,15H,2-3,6-7H2/t8-/m1/s1. The molecule has 1 N–H and O–H groups in total. The first kappa shape index (κ1) is 11.4. The van der Waals surface area contributed by atoms with Crippen LogP contribution in [0.2, 0.25) is 5.15 Å². The predicted octanol–water partition coefficient (Wildman–Crippen LogP) is 1.33. The first-order valence-electron chi connectivity index (χ1n) is 5.26. The summed E-state index contributed by atoms with van der Waals surface area (Å²) in [6, 6.07) is 3.26. The summed E-state index contributed by atoms with van der Waals surface area (Å²) in [4.78, 5) is 17.7. The van der Waals surface area contributed by atoms with Crippen molar-refractivity contribution in [2.75, 3.05) is 13.2 Å². The van der Waals surface area contributed by atoms with Gasteiger partial charge in [0.15, 0.2) is 0 Å². The van der Waals surface area contributed by atoms with E-state index < -0.39 is 0 Å². The van der Waals surface area contributed by atoms with Crippen molar-refractivity contribution in [3.8, 4) is 0 Å². The fourth-order valence-electron chi connectivity index (χ4n) is 1.99. The molecule has 0 aromatic carbocycles. The molecular weight excluding hydrogens is 228 g/mol. The van der Waals surface area contributed by atoms with Crippen molar-refractivity contribution in [2.24, 2.45) is 0 Å². The van der Waals surface area contributed by atoms with Gasteiger partial charge in [0.2, 0.25) is 0 Å². The number of nitrogens with zero attached hydrogens (tertiary/aromatic N) is 2. The molecule has 2 rings (SSSR count). The summed E-state index contributed by atoms with van der Waals surface area (Å²) in [5, 5.41) is 9.38. The highest BCUT2D eigenvalue weighted by atomic mass is 35.5. The Hall–Kier alpha value is -1.13. The molecule has 4 nitrogen and oxygen atoms in total. The normalized spacial score (nSPS) is 20.1. The third-order valence-electron chi connectivity index (χ3n) is 2.84. The van der Waals surface area contributed by atoms with E-state index in [1.807, 2.05) is 0 Å². The van der Waals surface area contributed by atoms with E-state index in [4.69, 9.17) is 16.7 Å². The Morgan fingerprint density at radius 3 is 3.19 bits per heavy atom. The van der Waals surface area contributed by atoms with Crippen molar-refractivity contribution < 1.29 is 9.90 Å². The molecule has 0 radical (unpaired) electrons. The molecule has 1 aliphatic rings. The van der Waals surface area contributed by atoms with Crippen LogP contribution < -0.4 is 0 Å². The Labute approximate surface area is 98.9 Å². The molecule has 1 aliphatic heterocycles. The summed E-state index contributed by atoms with van der Waals surface area (Å²) in [6.07, 6.45) is 3.32. The van der Waals surface area contributed by atoms with Crippen LogP contribution in [0.1, 0.15) is 23.2 Å². The van der Waals surface area contributed by atoms with Gasteiger partial charge in [-0.1, -0.05) is 11.6 Å². The Balaban J connectivity index is 2.22. The van der Waals surface area contributed by atoms with Crippen LogP contribution >= 0.6 is 11.6 Å². The third-order valence-corrected chi connectivity index (χ3v) is 3.14. The van der Waals surface area contributed by atoms with E-state index in [1.165, 1.54) is 0 Å². The van der Waals surface area contributed by atoms with Crippen LogP contribution in [-0.4, -0.2) is 40.1 Å². The average Bonchev–Trinajstić information content (AvgIpc) is 2.77. The zero-order valence-electron chi connectivity index (χ0n) is 8.77. The molecule has 0 aliphatic carbocycles. The predicted molar refractivity (Wildman–Crippen MR) is 60.4 cm³/mol. The minimum absolute atomic E-state index is 0.00359. The lowest BCUT2D eigenvalue weighted by molar-refractivity contribution is 0.0677. The van der Waals surface area contributed by atoms with E-state index in [2.05, 4.69) is 4.98 Å². The molecule has 1 saturated heterocycles. The van der Waals surface area contributed by atoms with Gasteiger partial charge in [-0.15, -0.1) is 0 Å². The lowest BCUT2D eigenvalue weighted by Gasteiger charge is -2.23. The summed E-state index contributed by atoms with van der Waals surface area (Å²) in [7, 11) is 0. The maximum absolute atomic E-state index is 12.1. The Kier molecular flexibility index (Phi) is 3.41. The topological polar surface area (TPSA) is 53.4 Å². The first-order valence-corrected chi connectivity index (χ1v) is 5.64. The number of aliphatic hydroxyl groups is 1. The van der Waals surface area contributed by atoms with E-state index in [9.17, 15) is 4.79 Å². The van der Waals surface area contributed by atoms with Gasteiger partial charge in [0.05, 0.1) is 18.2 Å². The summed E-state index contributed by atoms with van der Waals surface area (Å²) >= 11 is 5.87. The van der Waals surface area contributed by atoms with Crippen molar-refractivity contribution in [2.45, 2.75) is 18.9 Å². The number of rotatable bonds is 2. The second-order valence-electron chi connectivity index (χ2n) is 3.82. The van der Waals surface area contributed by atoms with Gasteiger partial charge in [0.1, 0.15) is 5.15 Å². The number of likely N-dealkylation sites (tertiary alicyclic amines) is 1. The molecular formula is C11H13ClN2O2. The highest BCUT2D eigenvalue weighted by molar-refractivity contribution is 6.32. The molecule has 0 spiro atoms. The minimum Gasteiger partial charge on any atom is -0.394 e. The Morgan fingerprint density at radius 2 is 2.50 bits per heavy atom. The number of hydrogen-bond donors (Lipinski definition) is 1. The quantitative estimate of drug-likeness (QED) is 0.794.